The summed E-state index contributed by atoms with van der Waals surface area (Å²) in [6.45, 7) is 0.508. The predicted octanol–water partition coefficient (Wildman–Crippen LogP) is 1.93. The second-order valence-corrected chi connectivity index (χ2v) is 8.68. The number of nitrogens with one attached hydrogen (secondary N) is 2. The van der Waals surface area contributed by atoms with E-state index in [4.69, 9.17) is 19.7 Å². The predicted molar refractivity (Wildman–Crippen MR) is 106 cm³/mol. The van der Waals surface area contributed by atoms with Crippen LogP contribution in [-0.4, -0.2) is 37.8 Å². The van der Waals surface area contributed by atoms with Crippen molar-refractivity contribution in [1.82, 2.24) is 15.0 Å². The summed E-state index contributed by atoms with van der Waals surface area (Å²) in [6.07, 6.45) is 0.0387. The number of thiazole rings is 1. The molecule has 1 aliphatic heterocycles. The molecule has 158 valence electrons. The summed E-state index contributed by atoms with van der Waals surface area (Å²) in [6, 6.07) is 6.86. The molecule has 2 heterocycles. The molecule has 12 heteroatoms. The lowest BCUT2D eigenvalue weighted by Crippen LogP contribution is -2.31. The molecule has 2 atom stereocenters. The van der Waals surface area contributed by atoms with Crippen molar-refractivity contribution in [2.24, 2.45) is 5.14 Å². The largest absolute Gasteiger partial charge is 0.485 e. The Morgan fingerprint density at radius 1 is 1.34 bits per heavy atom. The number of nitrogens with zero attached hydrogens (tertiary/aromatic N) is 1. The first-order chi connectivity index (χ1) is 13.8. The average Bonchev–Trinajstić information content (AvgIpc) is 3.15. The summed E-state index contributed by atoms with van der Waals surface area (Å²) in [5, 5.41) is 19.0. The second-order valence-electron chi connectivity index (χ2n) is 6.41. The molecule has 2 aromatic rings. The van der Waals surface area contributed by atoms with Crippen LogP contribution in [0.1, 0.15) is 42.1 Å². The number of hydrogen-bond acceptors (Lipinski definition) is 7. The molecule has 29 heavy (non-hydrogen) atoms. The first-order valence-corrected chi connectivity index (χ1v) is 11.3. The first-order valence-electron chi connectivity index (χ1n) is 8.92. The van der Waals surface area contributed by atoms with Gasteiger partial charge in [-0.25, -0.2) is 19.6 Å². The highest BCUT2D eigenvalue weighted by molar-refractivity contribution is 7.87. The van der Waals surface area contributed by atoms with Crippen LogP contribution < -0.4 is 24.7 Å². The quantitative estimate of drug-likeness (QED) is 0.433. The Kier molecular flexibility index (Phi) is 6.90. The zero-order valence-electron chi connectivity index (χ0n) is 15.4. The van der Waals surface area contributed by atoms with Gasteiger partial charge in [0.05, 0.1) is 11.7 Å². The van der Waals surface area contributed by atoms with E-state index in [1.165, 1.54) is 11.3 Å². The van der Waals surface area contributed by atoms with Crippen molar-refractivity contribution in [2.75, 3.05) is 13.2 Å². The minimum Gasteiger partial charge on any atom is -0.485 e. The van der Waals surface area contributed by atoms with Crippen LogP contribution in [0.2, 0.25) is 0 Å². The zero-order chi connectivity index (χ0) is 20.9. The summed E-state index contributed by atoms with van der Waals surface area (Å²) in [5.41, 5.74) is 0.592. The van der Waals surface area contributed by atoms with Gasteiger partial charge in [0.2, 0.25) is 0 Å². The van der Waals surface area contributed by atoms with E-state index in [0.29, 0.717) is 48.1 Å². The molecule has 0 saturated heterocycles. The van der Waals surface area contributed by atoms with E-state index in [-0.39, 0.29) is 12.6 Å². The van der Waals surface area contributed by atoms with Gasteiger partial charge >= 0.3 is 6.09 Å². The highest BCUT2D eigenvalue weighted by Crippen LogP contribution is 2.37. The Hall–Kier alpha value is -2.41. The maximum Gasteiger partial charge on any atom is 0.405 e. The molecule has 0 aliphatic carbocycles. The third-order valence-electron chi connectivity index (χ3n) is 4.20. The number of fused-ring (bicyclic) bond motifs is 1. The third kappa shape index (κ3) is 6.29. The minimum absolute atomic E-state index is 0.188. The second kappa shape index (κ2) is 9.39. The summed E-state index contributed by atoms with van der Waals surface area (Å²) in [4.78, 5) is 15.7. The van der Waals surface area contributed by atoms with Gasteiger partial charge in [-0.15, -0.1) is 11.3 Å². The van der Waals surface area contributed by atoms with Crippen LogP contribution >= 0.6 is 11.3 Å². The number of amides is 1. The lowest BCUT2D eigenvalue weighted by atomic mass is 10.1. The van der Waals surface area contributed by atoms with E-state index >= 15 is 0 Å². The average molecular weight is 443 g/mol. The van der Waals surface area contributed by atoms with Gasteiger partial charge in [-0.3, -0.25) is 0 Å². The molecule has 1 aromatic carbocycles. The summed E-state index contributed by atoms with van der Waals surface area (Å²) < 4.78 is 35.6. The molecule has 0 spiro atoms. The maximum atomic E-state index is 11.2. The Morgan fingerprint density at radius 2 is 2.10 bits per heavy atom. The summed E-state index contributed by atoms with van der Waals surface area (Å²) in [5.74, 6) is 1.32. The lowest BCUT2D eigenvalue weighted by Gasteiger charge is -2.25. The van der Waals surface area contributed by atoms with Crippen molar-refractivity contribution in [2.45, 2.75) is 31.4 Å². The highest BCUT2D eigenvalue weighted by Gasteiger charge is 2.26. The maximum absolute atomic E-state index is 11.2. The number of para-hydroxylation sites is 2. The fourth-order valence-corrected chi connectivity index (χ4v) is 4.19. The van der Waals surface area contributed by atoms with Crippen LogP contribution in [0.5, 0.6) is 11.5 Å². The normalized spacial score (nSPS) is 16.9. The van der Waals surface area contributed by atoms with Crippen molar-refractivity contribution in [3.05, 3.63) is 40.3 Å². The van der Waals surface area contributed by atoms with Gasteiger partial charge in [0.1, 0.15) is 11.6 Å². The molecule has 1 aromatic heterocycles. The Balaban J connectivity index is 1.61. The van der Waals surface area contributed by atoms with Crippen LogP contribution in [-0.2, 0) is 10.2 Å². The SMILES string of the molecule is NS(=O)(=O)NCCCCC(NC(=O)O)c1csc(C2COc3ccccc3O2)n1. The highest BCUT2D eigenvalue weighted by atomic mass is 32.2. The van der Waals surface area contributed by atoms with Crippen molar-refractivity contribution in [1.29, 1.82) is 0 Å². The number of carboxylic acid groups (broad SMARTS) is 1. The molecule has 0 fully saturated rings. The number of hydrogen-bond donors (Lipinski definition) is 4. The summed E-state index contributed by atoms with van der Waals surface area (Å²) >= 11 is 1.38. The number of unbranched alkanes of at least 4 members (excludes halogenated alkanes) is 1. The fourth-order valence-electron chi connectivity index (χ4n) is 2.88. The molecule has 1 aliphatic rings. The molecular formula is C17H22N4O6S2. The number of nitrogens with two attached hydrogens (primary N) is 1. The zero-order valence-corrected chi connectivity index (χ0v) is 17.0. The third-order valence-corrected chi connectivity index (χ3v) is 5.76. The Morgan fingerprint density at radius 3 is 2.83 bits per heavy atom. The minimum atomic E-state index is -3.72. The van der Waals surface area contributed by atoms with Crippen molar-refractivity contribution < 1.29 is 27.8 Å². The molecule has 1 amide bonds. The van der Waals surface area contributed by atoms with Crippen LogP contribution in [0, 0.1) is 0 Å². The van der Waals surface area contributed by atoms with E-state index in [0.717, 1.165) is 0 Å². The molecule has 2 unspecified atom stereocenters. The standard InChI is InChI=1S/C17H22N4O6S2/c18-29(24,25)19-8-4-3-5-11(21-17(22)23)12-10-28-16(20-12)15-9-26-13-6-1-2-7-14(13)27-15/h1-2,6-7,10-11,15,19,21H,3-5,8-9H2,(H,22,23)(H2,18,24,25). The van der Waals surface area contributed by atoms with Crippen molar-refractivity contribution in [3.8, 4) is 11.5 Å². The van der Waals surface area contributed by atoms with Crippen LogP contribution in [0.15, 0.2) is 29.6 Å². The lowest BCUT2D eigenvalue weighted by molar-refractivity contribution is 0.0909. The van der Waals surface area contributed by atoms with Crippen molar-refractivity contribution in [3.63, 3.8) is 0 Å². The molecular weight excluding hydrogens is 420 g/mol. The van der Waals surface area contributed by atoms with Gasteiger partial charge in [0, 0.05) is 11.9 Å². The number of aromatic nitrogens is 1. The van der Waals surface area contributed by atoms with Crippen molar-refractivity contribution >= 4 is 27.6 Å². The molecule has 10 nitrogen and oxygen atoms in total. The molecule has 5 N–H and O–H groups in total. The number of benzene rings is 1. The van der Waals surface area contributed by atoms with Gasteiger partial charge < -0.3 is 19.9 Å². The first kappa shape index (κ1) is 21.3. The van der Waals surface area contributed by atoms with Gasteiger partial charge in [0.25, 0.3) is 10.2 Å². The molecule has 0 radical (unpaired) electrons. The van der Waals surface area contributed by atoms with E-state index < -0.39 is 22.3 Å². The van der Waals surface area contributed by atoms with Gasteiger partial charge in [-0.05, 0) is 31.4 Å². The van der Waals surface area contributed by atoms with E-state index in [2.05, 4.69) is 15.0 Å². The Labute approximate surface area is 172 Å². The monoisotopic (exact) mass is 442 g/mol. The number of carbonyl (C=O) groups is 1. The van der Waals surface area contributed by atoms with Crippen LogP contribution in [0.25, 0.3) is 0 Å². The van der Waals surface area contributed by atoms with E-state index in [1.807, 2.05) is 24.3 Å². The number of ether oxygens (including phenoxy) is 2. The van der Waals surface area contributed by atoms with Gasteiger partial charge in [0.15, 0.2) is 17.6 Å². The van der Waals surface area contributed by atoms with Crippen LogP contribution in [0.4, 0.5) is 4.79 Å². The number of rotatable bonds is 9. The summed E-state index contributed by atoms with van der Waals surface area (Å²) in [7, 11) is -3.72. The Bertz CT molecular complexity index is 949. The molecule has 0 bridgehead atoms. The van der Waals surface area contributed by atoms with E-state index in [9.17, 15) is 13.2 Å². The smallest absolute Gasteiger partial charge is 0.405 e. The van der Waals surface area contributed by atoms with Gasteiger partial charge in [-0.1, -0.05) is 12.1 Å². The topological polar surface area (TPSA) is 153 Å². The molecule has 0 saturated carbocycles. The fraction of sp³-hybridized carbons (Fsp3) is 0.412. The van der Waals surface area contributed by atoms with Gasteiger partial charge in [-0.2, -0.15) is 8.42 Å². The molecule has 3 rings (SSSR count). The van der Waals surface area contributed by atoms with E-state index in [1.54, 1.807) is 5.38 Å². The van der Waals surface area contributed by atoms with Crippen LogP contribution in [0.3, 0.4) is 0 Å².